The summed E-state index contributed by atoms with van der Waals surface area (Å²) >= 11 is 5.53. The first-order chi connectivity index (χ1) is 6.16. The minimum Gasteiger partial charge on any atom is -0.392 e. The highest BCUT2D eigenvalue weighted by Gasteiger charge is 2.04. The number of nitrogens with zero attached hydrogens (tertiary/aromatic N) is 2. The molecule has 0 fully saturated rings. The maximum Gasteiger partial charge on any atom is 0.278 e. The van der Waals surface area contributed by atoms with E-state index in [1.54, 1.807) is 6.92 Å². The molecule has 13 heavy (non-hydrogen) atoms. The highest BCUT2D eigenvalue weighted by atomic mass is 35.5. The SMILES string of the molecule is CC#CCn1cnc(Cl)c(N)c1=O. The van der Waals surface area contributed by atoms with Crippen molar-refractivity contribution in [3.05, 3.63) is 21.8 Å². The normalized spacial score (nSPS) is 9.08. The van der Waals surface area contributed by atoms with Crippen LogP contribution in [0.1, 0.15) is 6.92 Å². The van der Waals surface area contributed by atoms with Crippen LogP contribution in [0.5, 0.6) is 0 Å². The van der Waals surface area contributed by atoms with Crippen molar-refractivity contribution in [2.75, 3.05) is 5.73 Å². The zero-order chi connectivity index (χ0) is 9.84. The molecule has 0 aliphatic carbocycles. The van der Waals surface area contributed by atoms with Gasteiger partial charge in [0.15, 0.2) is 5.15 Å². The smallest absolute Gasteiger partial charge is 0.278 e. The Hall–Kier alpha value is -1.47. The standard InChI is InChI=1S/C8H8ClN3O/c1-2-3-4-12-5-11-7(9)6(10)8(12)13/h5H,4,10H2,1H3. The van der Waals surface area contributed by atoms with Crippen LogP contribution in [0.15, 0.2) is 11.1 Å². The van der Waals surface area contributed by atoms with Gasteiger partial charge in [-0.25, -0.2) is 4.98 Å². The first-order valence-electron chi connectivity index (χ1n) is 3.57. The number of rotatable bonds is 1. The van der Waals surface area contributed by atoms with Crippen LogP contribution in [0.25, 0.3) is 0 Å². The van der Waals surface area contributed by atoms with Gasteiger partial charge in [-0.05, 0) is 6.92 Å². The minimum atomic E-state index is -0.359. The van der Waals surface area contributed by atoms with Gasteiger partial charge in [-0.15, -0.1) is 5.92 Å². The third kappa shape index (κ3) is 2.01. The zero-order valence-corrected chi connectivity index (χ0v) is 7.80. The second-order valence-electron chi connectivity index (χ2n) is 2.31. The molecule has 0 aliphatic heterocycles. The van der Waals surface area contributed by atoms with E-state index in [0.717, 1.165) is 0 Å². The molecule has 68 valence electrons. The molecular weight excluding hydrogens is 190 g/mol. The van der Waals surface area contributed by atoms with E-state index in [9.17, 15) is 4.79 Å². The fraction of sp³-hybridized carbons (Fsp3) is 0.250. The lowest BCUT2D eigenvalue weighted by Gasteiger charge is -2.01. The second kappa shape index (κ2) is 3.97. The summed E-state index contributed by atoms with van der Waals surface area (Å²) in [4.78, 5) is 15.1. The van der Waals surface area contributed by atoms with Gasteiger partial charge in [0.05, 0.1) is 6.54 Å². The molecule has 0 saturated carbocycles. The van der Waals surface area contributed by atoms with E-state index >= 15 is 0 Å². The van der Waals surface area contributed by atoms with Crippen molar-refractivity contribution >= 4 is 17.3 Å². The Kier molecular flexibility index (Phi) is 2.93. The molecule has 0 aromatic carbocycles. The summed E-state index contributed by atoms with van der Waals surface area (Å²) in [5, 5.41) is 0.0331. The summed E-state index contributed by atoms with van der Waals surface area (Å²) in [6.45, 7) is 1.97. The van der Waals surface area contributed by atoms with E-state index < -0.39 is 0 Å². The van der Waals surface area contributed by atoms with Crippen LogP contribution < -0.4 is 11.3 Å². The fourth-order valence-electron chi connectivity index (χ4n) is 0.762. The van der Waals surface area contributed by atoms with Crippen LogP contribution in [0.4, 0.5) is 5.69 Å². The molecule has 1 heterocycles. The summed E-state index contributed by atoms with van der Waals surface area (Å²) in [5.41, 5.74) is 4.98. The molecule has 1 aromatic heterocycles. The van der Waals surface area contributed by atoms with E-state index in [4.69, 9.17) is 17.3 Å². The van der Waals surface area contributed by atoms with Crippen molar-refractivity contribution in [1.29, 1.82) is 0 Å². The molecule has 0 atom stereocenters. The topological polar surface area (TPSA) is 60.9 Å². The second-order valence-corrected chi connectivity index (χ2v) is 2.67. The van der Waals surface area contributed by atoms with Crippen LogP contribution in [-0.2, 0) is 6.54 Å². The van der Waals surface area contributed by atoms with Crippen LogP contribution in [0, 0.1) is 11.8 Å². The molecule has 0 saturated heterocycles. The quantitative estimate of drug-likeness (QED) is 0.527. The Balaban J connectivity index is 3.16. The Morgan fingerprint density at radius 1 is 1.77 bits per heavy atom. The van der Waals surface area contributed by atoms with Crippen LogP contribution in [-0.4, -0.2) is 9.55 Å². The number of nitrogens with two attached hydrogens (primary N) is 1. The van der Waals surface area contributed by atoms with E-state index in [0.29, 0.717) is 0 Å². The first kappa shape index (κ1) is 9.62. The van der Waals surface area contributed by atoms with Gasteiger partial charge in [0.1, 0.15) is 12.0 Å². The number of halogens is 1. The summed E-state index contributed by atoms with van der Waals surface area (Å²) in [7, 11) is 0. The number of hydrogen-bond donors (Lipinski definition) is 1. The Morgan fingerprint density at radius 3 is 3.08 bits per heavy atom. The number of hydrogen-bond acceptors (Lipinski definition) is 3. The maximum atomic E-state index is 11.3. The summed E-state index contributed by atoms with van der Waals surface area (Å²) < 4.78 is 1.30. The largest absolute Gasteiger partial charge is 0.392 e. The molecule has 4 nitrogen and oxygen atoms in total. The van der Waals surface area contributed by atoms with Crippen molar-refractivity contribution in [3.63, 3.8) is 0 Å². The Morgan fingerprint density at radius 2 is 2.46 bits per heavy atom. The highest BCUT2D eigenvalue weighted by Crippen LogP contribution is 2.07. The van der Waals surface area contributed by atoms with Gasteiger partial charge in [0.2, 0.25) is 0 Å². The van der Waals surface area contributed by atoms with Crippen molar-refractivity contribution in [3.8, 4) is 11.8 Å². The molecule has 0 amide bonds. The van der Waals surface area contributed by atoms with Gasteiger partial charge in [-0.3, -0.25) is 9.36 Å². The summed E-state index contributed by atoms with van der Waals surface area (Å²) in [6, 6.07) is 0. The van der Waals surface area contributed by atoms with Crippen molar-refractivity contribution in [2.45, 2.75) is 13.5 Å². The van der Waals surface area contributed by atoms with Gasteiger partial charge < -0.3 is 5.73 Å². The monoisotopic (exact) mass is 197 g/mol. The third-order valence-electron chi connectivity index (χ3n) is 1.45. The number of anilines is 1. The van der Waals surface area contributed by atoms with Gasteiger partial charge in [-0.1, -0.05) is 17.5 Å². The maximum absolute atomic E-state index is 11.3. The van der Waals surface area contributed by atoms with Crippen LogP contribution in [0.2, 0.25) is 5.15 Å². The molecular formula is C8H8ClN3O. The van der Waals surface area contributed by atoms with E-state index in [-0.39, 0.29) is 22.9 Å². The lowest BCUT2D eigenvalue weighted by Crippen LogP contribution is -2.23. The van der Waals surface area contributed by atoms with Crippen molar-refractivity contribution in [1.82, 2.24) is 9.55 Å². The average molecular weight is 198 g/mol. The van der Waals surface area contributed by atoms with Crippen LogP contribution in [0.3, 0.4) is 0 Å². The Bertz CT molecular complexity index is 427. The van der Waals surface area contributed by atoms with Crippen LogP contribution >= 0.6 is 11.6 Å². The molecule has 0 radical (unpaired) electrons. The van der Waals surface area contributed by atoms with E-state index in [2.05, 4.69) is 16.8 Å². The molecule has 1 rings (SSSR count). The predicted molar refractivity (Wildman–Crippen MR) is 51.4 cm³/mol. The fourth-order valence-corrected chi connectivity index (χ4v) is 0.887. The molecule has 2 N–H and O–H groups in total. The lowest BCUT2D eigenvalue weighted by atomic mass is 10.5. The van der Waals surface area contributed by atoms with Crippen molar-refractivity contribution < 1.29 is 0 Å². The third-order valence-corrected chi connectivity index (χ3v) is 1.75. The molecule has 0 spiro atoms. The lowest BCUT2D eigenvalue weighted by molar-refractivity contribution is 0.772. The molecule has 0 bridgehead atoms. The molecule has 0 aliphatic rings. The van der Waals surface area contributed by atoms with Crippen molar-refractivity contribution in [2.24, 2.45) is 0 Å². The van der Waals surface area contributed by atoms with Gasteiger partial charge in [-0.2, -0.15) is 0 Å². The van der Waals surface area contributed by atoms with Gasteiger partial charge in [0, 0.05) is 0 Å². The van der Waals surface area contributed by atoms with E-state index in [1.807, 2.05) is 0 Å². The summed E-state index contributed by atoms with van der Waals surface area (Å²) in [5.74, 6) is 5.39. The van der Waals surface area contributed by atoms with Gasteiger partial charge >= 0.3 is 0 Å². The minimum absolute atomic E-state index is 0.0331. The molecule has 0 unspecified atom stereocenters. The number of aromatic nitrogens is 2. The highest BCUT2D eigenvalue weighted by molar-refractivity contribution is 6.31. The first-order valence-corrected chi connectivity index (χ1v) is 3.94. The van der Waals surface area contributed by atoms with Gasteiger partial charge in [0.25, 0.3) is 5.56 Å². The number of nitrogen functional groups attached to an aromatic ring is 1. The molecule has 5 heteroatoms. The average Bonchev–Trinajstić information content (AvgIpc) is 2.13. The molecule has 1 aromatic rings. The summed E-state index contributed by atoms with van der Waals surface area (Å²) in [6.07, 6.45) is 1.32. The predicted octanol–water partition coefficient (Wildman–Crippen LogP) is 0.502. The zero-order valence-electron chi connectivity index (χ0n) is 7.04. The Labute approximate surface area is 80.3 Å². The van der Waals surface area contributed by atoms with E-state index in [1.165, 1.54) is 10.9 Å².